The third kappa shape index (κ3) is 6.77. The molecule has 3 fully saturated rings. The molecule has 3 aliphatic heterocycles. The number of carbonyl (C=O) groups is 1. The number of nitrogens with one attached hydrogen (secondary N) is 1. The lowest BCUT2D eigenvalue weighted by atomic mass is 10.0. The van der Waals surface area contributed by atoms with E-state index < -0.39 is 30.9 Å². The van der Waals surface area contributed by atoms with E-state index in [-0.39, 0.29) is 30.1 Å². The number of halogens is 2. The second kappa shape index (κ2) is 13.0. The molecule has 2 aromatic carbocycles. The second-order valence-corrected chi connectivity index (χ2v) is 11.1. The van der Waals surface area contributed by atoms with Gasteiger partial charge >= 0.3 is 5.92 Å². The number of alkyl halides is 2. The first kappa shape index (κ1) is 30.1. The number of hydrogen-bond acceptors (Lipinski definition) is 11. The van der Waals surface area contributed by atoms with Crippen LogP contribution in [0, 0.1) is 22.7 Å². The summed E-state index contributed by atoms with van der Waals surface area (Å²) in [7, 11) is 0. The average Bonchev–Trinajstić information content (AvgIpc) is 3.02. The van der Waals surface area contributed by atoms with Crippen LogP contribution in [0.4, 0.5) is 26.1 Å². The summed E-state index contributed by atoms with van der Waals surface area (Å²) >= 11 is 0. The van der Waals surface area contributed by atoms with Crippen LogP contribution in [0.5, 0.6) is 5.75 Å². The molecule has 45 heavy (non-hydrogen) atoms. The smallest absolute Gasteiger partial charge is 0.301 e. The zero-order valence-electron chi connectivity index (χ0n) is 24.4. The van der Waals surface area contributed by atoms with E-state index in [4.69, 9.17) is 14.7 Å². The predicted octanol–water partition coefficient (Wildman–Crippen LogP) is 3.20. The molecule has 4 heterocycles. The number of ether oxygens (including phenoxy) is 2. The fourth-order valence-corrected chi connectivity index (χ4v) is 5.63. The van der Waals surface area contributed by atoms with Gasteiger partial charge in [0.15, 0.2) is 11.9 Å². The van der Waals surface area contributed by atoms with E-state index in [0.717, 1.165) is 55.7 Å². The van der Waals surface area contributed by atoms with Gasteiger partial charge in [0, 0.05) is 56.1 Å². The van der Waals surface area contributed by atoms with Crippen LogP contribution in [0.3, 0.4) is 0 Å². The van der Waals surface area contributed by atoms with Gasteiger partial charge < -0.3 is 24.6 Å². The van der Waals surface area contributed by atoms with Crippen molar-refractivity contribution in [3.05, 3.63) is 54.4 Å². The summed E-state index contributed by atoms with van der Waals surface area (Å²) in [4.78, 5) is 30.7. The number of piperazine rings is 1. The Labute approximate surface area is 258 Å². The van der Waals surface area contributed by atoms with Gasteiger partial charge in [-0.2, -0.15) is 15.5 Å². The molecule has 0 bridgehead atoms. The summed E-state index contributed by atoms with van der Waals surface area (Å²) < 4.78 is 40.6. The number of carbonyl (C=O) groups excluding carboxylic acids is 1. The molecule has 0 saturated carbocycles. The van der Waals surface area contributed by atoms with Crippen molar-refractivity contribution in [1.82, 2.24) is 24.8 Å². The number of nitrogens with zero attached hydrogens (tertiary/aromatic N) is 8. The van der Waals surface area contributed by atoms with Crippen LogP contribution in [0.2, 0.25) is 0 Å². The van der Waals surface area contributed by atoms with Gasteiger partial charge in [-0.05, 0) is 42.5 Å². The van der Waals surface area contributed by atoms with Crippen molar-refractivity contribution in [3.8, 4) is 29.3 Å². The van der Waals surface area contributed by atoms with Gasteiger partial charge in [0.2, 0.25) is 11.9 Å². The van der Waals surface area contributed by atoms with Crippen LogP contribution in [0.15, 0.2) is 48.8 Å². The summed E-state index contributed by atoms with van der Waals surface area (Å²) in [5, 5.41) is 21.6. The van der Waals surface area contributed by atoms with Crippen molar-refractivity contribution >= 4 is 23.2 Å². The van der Waals surface area contributed by atoms with Gasteiger partial charge in [0.25, 0.3) is 0 Å². The lowest BCUT2D eigenvalue weighted by molar-refractivity contribution is -0.159. The highest BCUT2D eigenvalue weighted by molar-refractivity contribution is 5.78. The first-order chi connectivity index (χ1) is 21.8. The van der Waals surface area contributed by atoms with E-state index in [2.05, 4.69) is 42.2 Å². The number of aromatic nitrogens is 3. The molecule has 1 atom stereocenters. The summed E-state index contributed by atoms with van der Waals surface area (Å²) in [5.74, 6) is -3.42. The van der Waals surface area contributed by atoms with E-state index in [9.17, 15) is 18.8 Å². The number of hydrogen-bond donors (Lipinski definition) is 1. The number of amides is 1. The largest absolute Gasteiger partial charge is 0.483 e. The van der Waals surface area contributed by atoms with E-state index in [1.54, 1.807) is 12.1 Å². The number of benzene rings is 2. The summed E-state index contributed by atoms with van der Waals surface area (Å²) in [6.45, 7) is 4.78. The highest BCUT2D eigenvalue weighted by Crippen LogP contribution is 2.34. The molecular formula is C31H31F2N9O3. The molecule has 1 amide bonds. The van der Waals surface area contributed by atoms with E-state index in [0.29, 0.717) is 17.6 Å². The summed E-state index contributed by atoms with van der Waals surface area (Å²) in [6, 6.07) is 16.8. The first-order valence-corrected chi connectivity index (χ1v) is 14.7. The SMILES string of the molecule is N#CCC(=O)N1CC[C@H](Oc2ccc(-c3ncnc(Nc4ccc(N5CCN(C6COC6)CC5)cc4)n3)cc2C#N)C(F)(F)C1. The maximum absolute atomic E-state index is 14.9. The Morgan fingerprint density at radius 1 is 1.07 bits per heavy atom. The molecule has 14 heteroatoms. The van der Waals surface area contributed by atoms with Crippen molar-refractivity contribution in [3.63, 3.8) is 0 Å². The third-order valence-corrected chi connectivity index (χ3v) is 8.26. The molecular weight excluding hydrogens is 584 g/mol. The molecule has 0 aliphatic carbocycles. The van der Waals surface area contributed by atoms with Gasteiger partial charge in [-0.25, -0.2) is 18.7 Å². The highest BCUT2D eigenvalue weighted by atomic mass is 19.3. The quantitative estimate of drug-likeness (QED) is 0.399. The van der Waals surface area contributed by atoms with Crippen LogP contribution in [0.25, 0.3) is 11.4 Å². The Morgan fingerprint density at radius 2 is 1.84 bits per heavy atom. The standard InChI is InChI=1S/C31H31F2N9O3/c32-31(33)19-42(28(43)7-9-34)10-8-27(31)45-26-6-1-21(15-22(26)16-35)29-36-20-37-30(39-29)38-23-2-4-24(5-3-23)40-11-13-41(14-12-40)25-17-44-18-25/h1-6,15,20,25,27H,7-8,10-14,17-19H2,(H,36,37,38,39)/t27-/m0/s1. The molecule has 0 spiro atoms. The number of rotatable bonds is 8. The number of piperidine rings is 1. The monoisotopic (exact) mass is 615 g/mol. The Hall–Kier alpha value is -4.92. The molecule has 3 saturated heterocycles. The van der Waals surface area contributed by atoms with Gasteiger partial charge in [-0.3, -0.25) is 9.69 Å². The number of nitriles is 2. The number of anilines is 3. The molecule has 3 aliphatic rings. The number of likely N-dealkylation sites (tertiary alicyclic amines) is 1. The van der Waals surface area contributed by atoms with Gasteiger partial charge in [0.05, 0.1) is 37.4 Å². The fourth-order valence-electron chi connectivity index (χ4n) is 5.63. The van der Waals surface area contributed by atoms with Crippen LogP contribution in [-0.4, -0.2) is 101 Å². The minimum atomic E-state index is -3.36. The highest BCUT2D eigenvalue weighted by Gasteiger charge is 2.47. The Bertz CT molecular complexity index is 1610. The Balaban J connectivity index is 1.09. The van der Waals surface area contributed by atoms with Crippen LogP contribution < -0.4 is 15.0 Å². The fraction of sp³-hybridized carbons (Fsp3) is 0.419. The lowest BCUT2D eigenvalue weighted by Gasteiger charge is -2.43. The van der Waals surface area contributed by atoms with E-state index in [1.165, 1.54) is 18.5 Å². The van der Waals surface area contributed by atoms with Crippen LogP contribution in [-0.2, 0) is 9.53 Å². The molecule has 1 aromatic heterocycles. The van der Waals surface area contributed by atoms with Gasteiger partial charge in [0.1, 0.15) is 24.6 Å². The zero-order chi connectivity index (χ0) is 31.4. The molecule has 12 nitrogen and oxygen atoms in total. The maximum atomic E-state index is 14.9. The van der Waals surface area contributed by atoms with Gasteiger partial charge in [-0.1, -0.05) is 0 Å². The van der Waals surface area contributed by atoms with E-state index >= 15 is 0 Å². The van der Waals surface area contributed by atoms with Crippen molar-refractivity contribution in [2.45, 2.75) is 30.9 Å². The third-order valence-electron chi connectivity index (χ3n) is 8.26. The lowest BCUT2D eigenvalue weighted by Crippen LogP contribution is -2.56. The minimum Gasteiger partial charge on any atom is -0.483 e. The predicted molar refractivity (Wildman–Crippen MR) is 159 cm³/mol. The summed E-state index contributed by atoms with van der Waals surface area (Å²) in [5.41, 5.74) is 2.46. The minimum absolute atomic E-state index is 0.00584. The average molecular weight is 616 g/mol. The Kier molecular flexibility index (Phi) is 8.69. The van der Waals surface area contributed by atoms with E-state index in [1.807, 2.05) is 18.2 Å². The first-order valence-electron chi connectivity index (χ1n) is 14.7. The topological polar surface area (TPSA) is 144 Å². The second-order valence-electron chi connectivity index (χ2n) is 11.1. The maximum Gasteiger partial charge on any atom is 0.301 e. The molecule has 0 radical (unpaired) electrons. The Morgan fingerprint density at radius 3 is 2.51 bits per heavy atom. The van der Waals surface area contributed by atoms with Crippen LogP contribution >= 0.6 is 0 Å². The normalized spacial score (nSPS) is 20.0. The molecule has 3 aromatic rings. The molecule has 232 valence electrons. The van der Waals surface area contributed by atoms with Crippen molar-refractivity contribution in [2.24, 2.45) is 0 Å². The summed E-state index contributed by atoms with van der Waals surface area (Å²) in [6.07, 6.45) is -0.790. The van der Waals surface area contributed by atoms with Crippen molar-refractivity contribution in [1.29, 1.82) is 10.5 Å². The molecule has 6 rings (SSSR count). The molecule has 1 N–H and O–H groups in total. The zero-order valence-corrected chi connectivity index (χ0v) is 24.4. The van der Waals surface area contributed by atoms with Crippen molar-refractivity contribution in [2.75, 3.05) is 62.7 Å². The molecule has 0 unspecified atom stereocenters. The van der Waals surface area contributed by atoms with Crippen LogP contribution in [0.1, 0.15) is 18.4 Å². The van der Waals surface area contributed by atoms with Crippen molar-refractivity contribution < 1.29 is 23.0 Å². The van der Waals surface area contributed by atoms with Gasteiger partial charge in [-0.15, -0.1) is 0 Å².